The Morgan fingerprint density at radius 2 is 1.95 bits per heavy atom. The normalized spacial score (nSPS) is 11.0. The summed E-state index contributed by atoms with van der Waals surface area (Å²) < 4.78 is 4.94. The second kappa shape index (κ2) is 9.20. The molecule has 118 valence electrons. The van der Waals surface area contributed by atoms with Crippen LogP contribution < -0.4 is 16.4 Å². The number of nitrogens with one attached hydrogen (secondary N) is 2. The molecule has 1 atom stereocenters. The number of amides is 1. The Labute approximate surface area is 130 Å². The van der Waals surface area contributed by atoms with Gasteiger partial charge in [-0.05, 0) is 39.0 Å². The predicted molar refractivity (Wildman–Crippen MR) is 86.1 cm³/mol. The Bertz CT molecular complexity index is 492. The summed E-state index contributed by atoms with van der Waals surface area (Å²) in [6, 6.07) is 4.33. The molecule has 0 aliphatic heterocycles. The van der Waals surface area contributed by atoms with E-state index < -0.39 is 12.0 Å². The molecule has 0 unspecified atom stereocenters. The van der Waals surface area contributed by atoms with E-state index in [9.17, 15) is 9.59 Å². The summed E-state index contributed by atoms with van der Waals surface area (Å²) in [6.07, 6.45) is 0. The second-order valence-electron chi connectivity index (χ2n) is 4.29. The predicted octanol–water partition coefficient (Wildman–Crippen LogP) is 2.00. The van der Waals surface area contributed by atoms with Crippen LogP contribution in [0.2, 0.25) is 0 Å². The molecule has 7 heteroatoms. The van der Waals surface area contributed by atoms with E-state index in [0.29, 0.717) is 24.4 Å². The van der Waals surface area contributed by atoms with Crippen molar-refractivity contribution in [3.63, 3.8) is 0 Å². The topological polar surface area (TPSA) is 93.5 Å². The van der Waals surface area contributed by atoms with Crippen LogP contribution in [0.1, 0.15) is 31.1 Å². The van der Waals surface area contributed by atoms with Gasteiger partial charge in [0.25, 0.3) is 0 Å². The van der Waals surface area contributed by atoms with E-state index in [0.717, 1.165) is 5.69 Å². The first-order chi connectivity index (χ1) is 9.49. The van der Waals surface area contributed by atoms with Gasteiger partial charge >= 0.3 is 5.97 Å². The maximum Gasteiger partial charge on any atom is 0.338 e. The Kier molecular flexibility index (Phi) is 8.42. The fraction of sp³-hybridized carbons (Fsp3) is 0.429. The lowest BCUT2D eigenvalue weighted by molar-refractivity contribution is -0.117. The molecular weight excluding hydrogens is 294 g/mol. The van der Waals surface area contributed by atoms with E-state index in [2.05, 4.69) is 10.6 Å². The van der Waals surface area contributed by atoms with Gasteiger partial charge in [0.2, 0.25) is 5.91 Å². The van der Waals surface area contributed by atoms with Crippen LogP contribution in [0.25, 0.3) is 0 Å². The molecule has 0 fully saturated rings. The monoisotopic (exact) mass is 315 g/mol. The van der Waals surface area contributed by atoms with Crippen LogP contribution in [0.5, 0.6) is 0 Å². The van der Waals surface area contributed by atoms with Crippen LogP contribution in [-0.2, 0) is 9.53 Å². The van der Waals surface area contributed by atoms with E-state index in [-0.39, 0.29) is 18.3 Å². The van der Waals surface area contributed by atoms with Gasteiger partial charge in [-0.1, -0.05) is 0 Å². The summed E-state index contributed by atoms with van der Waals surface area (Å²) in [5, 5.41) is 5.81. The quantitative estimate of drug-likeness (QED) is 0.698. The molecule has 0 aliphatic carbocycles. The summed E-state index contributed by atoms with van der Waals surface area (Å²) in [5.74, 6) is -0.739. The van der Waals surface area contributed by atoms with E-state index >= 15 is 0 Å². The van der Waals surface area contributed by atoms with Gasteiger partial charge in [-0.3, -0.25) is 4.79 Å². The SMILES string of the molecule is CCNc1ccc(C(=O)OCC)cc1NC(=O)[C@H](C)N.Cl. The molecule has 21 heavy (non-hydrogen) atoms. The van der Waals surface area contributed by atoms with Crippen molar-refractivity contribution in [1.82, 2.24) is 0 Å². The van der Waals surface area contributed by atoms with Crippen molar-refractivity contribution in [3.8, 4) is 0 Å². The standard InChI is InChI=1S/C14H21N3O3.ClH/c1-4-16-11-7-6-10(14(19)20-5-2)8-12(11)17-13(18)9(3)15;/h6-9,16H,4-5,15H2,1-3H3,(H,17,18);1H/t9-;/m0./s1. The van der Waals surface area contributed by atoms with Crippen molar-refractivity contribution in [1.29, 1.82) is 0 Å². The number of esters is 1. The third-order valence-corrected chi connectivity index (χ3v) is 2.57. The van der Waals surface area contributed by atoms with E-state index in [1.165, 1.54) is 0 Å². The highest BCUT2D eigenvalue weighted by molar-refractivity contribution is 5.99. The van der Waals surface area contributed by atoms with Crippen molar-refractivity contribution in [3.05, 3.63) is 23.8 Å². The number of hydrogen-bond donors (Lipinski definition) is 3. The molecule has 6 nitrogen and oxygen atoms in total. The number of rotatable bonds is 6. The first-order valence-corrected chi connectivity index (χ1v) is 6.61. The molecule has 0 saturated heterocycles. The number of carbonyl (C=O) groups is 2. The highest BCUT2D eigenvalue weighted by Crippen LogP contribution is 2.24. The Balaban J connectivity index is 0.00000400. The van der Waals surface area contributed by atoms with Crippen molar-refractivity contribution in [2.24, 2.45) is 5.73 Å². The number of halogens is 1. The van der Waals surface area contributed by atoms with Gasteiger partial charge in [-0.15, -0.1) is 12.4 Å². The molecule has 1 rings (SSSR count). The third-order valence-electron chi connectivity index (χ3n) is 2.57. The zero-order valence-electron chi connectivity index (χ0n) is 12.4. The summed E-state index contributed by atoms with van der Waals surface area (Å²) in [5.41, 5.74) is 7.16. The van der Waals surface area contributed by atoms with Gasteiger partial charge in [-0.25, -0.2) is 4.79 Å². The van der Waals surface area contributed by atoms with Crippen molar-refractivity contribution in [2.45, 2.75) is 26.8 Å². The zero-order valence-corrected chi connectivity index (χ0v) is 13.3. The van der Waals surface area contributed by atoms with Crippen LogP contribution in [-0.4, -0.2) is 31.1 Å². The van der Waals surface area contributed by atoms with Crippen LogP contribution in [0.15, 0.2) is 18.2 Å². The minimum atomic E-state index is -0.629. The summed E-state index contributed by atoms with van der Waals surface area (Å²) >= 11 is 0. The summed E-state index contributed by atoms with van der Waals surface area (Å²) in [4.78, 5) is 23.4. The minimum Gasteiger partial charge on any atom is -0.462 e. The average Bonchev–Trinajstić information content (AvgIpc) is 2.41. The fourth-order valence-electron chi connectivity index (χ4n) is 1.58. The van der Waals surface area contributed by atoms with Crippen LogP contribution in [0.3, 0.4) is 0 Å². The minimum absolute atomic E-state index is 0. The largest absolute Gasteiger partial charge is 0.462 e. The first kappa shape index (κ1) is 19.2. The average molecular weight is 316 g/mol. The van der Waals surface area contributed by atoms with E-state index in [4.69, 9.17) is 10.5 Å². The van der Waals surface area contributed by atoms with E-state index in [1.807, 2.05) is 6.92 Å². The van der Waals surface area contributed by atoms with Crippen molar-refractivity contribution in [2.75, 3.05) is 23.8 Å². The molecule has 0 bridgehead atoms. The van der Waals surface area contributed by atoms with Gasteiger partial charge in [0.1, 0.15) is 0 Å². The fourth-order valence-corrected chi connectivity index (χ4v) is 1.58. The maximum absolute atomic E-state index is 11.7. The number of carbonyl (C=O) groups excluding carboxylic acids is 2. The molecule has 0 radical (unpaired) electrons. The molecule has 0 aliphatic rings. The molecule has 0 spiro atoms. The smallest absolute Gasteiger partial charge is 0.338 e. The molecule has 0 aromatic heterocycles. The summed E-state index contributed by atoms with van der Waals surface area (Å²) in [7, 11) is 0. The number of ether oxygens (including phenoxy) is 1. The van der Waals surface area contributed by atoms with Crippen LogP contribution in [0.4, 0.5) is 11.4 Å². The number of nitrogens with two attached hydrogens (primary N) is 1. The molecule has 1 aromatic rings. The molecule has 4 N–H and O–H groups in total. The van der Waals surface area contributed by atoms with Gasteiger partial charge in [0, 0.05) is 6.54 Å². The highest BCUT2D eigenvalue weighted by atomic mass is 35.5. The number of hydrogen-bond acceptors (Lipinski definition) is 5. The molecule has 1 aromatic carbocycles. The van der Waals surface area contributed by atoms with Crippen LogP contribution >= 0.6 is 12.4 Å². The zero-order chi connectivity index (χ0) is 15.1. The Morgan fingerprint density at radius 1 is 1.29 bits per heavy atom. The Hall–Kier alpha value is -1.79. The lowest BCUT2D eigenvalue weighted by atomic mass is 10.1. The lowest BCUT2D eigenvalue weighted by Crippen LogP contribution is -2.32. The Morgan fingerprint density at radius 3 is 2.48 bits per heavy atom. The highest BCUT2D eigenvalue weighted by Gasteiger charge is 2.14. The van der Waals surface area contributed by atoms with Gasteiger partial charge in [-0.2, -0.15) is 0 Å². The summed E-state index contributed by atoms with van der Waals surface area (Å²) in [6.45, 7) is 6.27. The molecule has 0 saturated carbocycles. The molecular formula is C14H22ClN3O3. The van der Waals surface area contributed by atoms with Gasteiger partial charge in [0.15, 0.2) is 0 Å². The van der Waals surface area contributed by atoms with E-state index in [1.54, 1.807) is 32.0 Å². The van der Waals surface area contributed by atoms with Gasteiger partial charge < -0.3 is 21.1 Å². The first-order valence-electron chi connectivity index (χ1n) is 6.61. The van der Waals surface area contributed by atoms with Crippen molar-refractivity contribution >= 4 is 35.7 Å². The maximum atomic E-state index is 11.7. The number of benzene rings is 1. The second-order valence-corrected chi connectivity index (χ2v) is 4.29. The van der Waals surface area contributed by atoms with Crippen molar-refractivity contribution < 1.29 is 14.3 Å². The number of anilines is 2. The third kappa shape index (κ3) is 5.61. The van der Waals surface area contributed by atoms with Gasteiger partial charge in [0.05, 0.1) is 29.6 Å². The van der Waals surface area contributed by atoms with Crippen LogP contribution in [0, 0.1) is 0 Å². The molecule has 0 heterocycles. The molecule has 1 amide bonds. The lowest BCUT2D eigenvalue weighted by Gasteiger charge is -2.14.